The second-order valence-corrected chi connectivity index (χ2v) is 7.93. The molecule has 2 aromatic rings. The van der Waals surface area contributed by atoms with Crippen molar-refractivity contribution in [3.63, 3.8) is 0 Å². The summed E-state index contributed by atoms with van der Waals surface area (Å²) in [7, 11) is 0. The van der Waals surface area contributed by atoms with Crippen LogP contribution in [0.1, 0.15) is 40.3 Å². The summed E-state index contributed by atoms with van der Waals surface area (Å²) in [5.74, 6) is -0.778. The zero-order valence-corrected chi connectivity index (χ0v) is 16.7. The lowest BCUT2D eigenvalue weighted by Crippen LogP contribution is -2.30. The number of nitrogens with zero attached hydrogens (tertiary/aromatic N) is 4. The number of hydrogen-bond acceptors (Lipinski definition) is 7. The summed E-state index contributed by atoms with van der Waals surface area (Å²) in [6.45, 7) is 6.28. The molecule has 0 unspecified atom stereocenters. The summed E-state index contributed by atoms with van der Waals surface area (Å²) in [5.41, 5.74) is -0.0799. The monoisotopic (exact) mass is 413 g/mol. The van der Waals surface area contributed by atoms with Gasteiger partial charge in [-0.3, -0.25) is 19.5 Å². The van der Waals surface area contributed by atoms with E-state index in [1.165, 1.54) is 17.8 Å². The molecule has 28 heavy (non-hydrogen) atoms. The number of anilines is 1. The number of esters is 1. The van der Waals surface area contributed by atoms with Gasteiger partial charge < -0.3 is 9.47 Å². The van der Waals surface area contributed by atoms with Gasteiger partial charge in [-0.25, -0.2) is 9.37 Å². The molecule has 0 aliphatic carbocycles. The predicted octanol–water partition coefficient (Wildman–Crippen LogP) is 2.65. The highest BCUT2D eigenvalue weighted by molar-refractivity contribution is 6.33. The fraction of sp³-hybridized carbons (Fsp3) is 0.588. The Morgan fingerprint density at radius 3 is 2.79 bits per heavy atom. The molecule has 1 fully saturated rings. The molecule has 0 aromatic carbocycles. The van der Waals surface area contributed by atoms with Crippen LogP contribution in [0.3, 0.4) is 0 Å². The fourth-order valence-electron chi connectivity index (χ4n) is 2.69. The molecular formula is C17H21ClFN5O4. The van der Waals surface area contributed by atoms with E-state index in [1.54, 1.807) is 20.8 Å². The van der Waals surface area contributed by atoms with Gasteiger partial charge in [0.25, 0.3) is 0 Å². The van der Waals surface area contributed by atoms with Crippen LogP contribution in [0.5, 0.6) is 0 Å². The number of nitrogens with one attached hydrogen (secondary N) is 1. The Morgan fingerprint density at radius 1 is 1.43 bits per heavy atom. The van der Waals surface area contributed by atoms with Crippen LogP contribution in [-0.2, 0) is 19.1 Å². The highest BCUT2D eigenvalue weighted by Gasteiger charge is 2.39. The summed E-state index contributed by atoms with van der Waals surface area (Å²) in [6, 6.07) is 0. The van der Waals surface area contributed by atoms with Crippen molar-refractivity contribution in [3.8, 4) is 0 Å². The highest BCUT2D eigenvalue weighted by Crippen LogP contribution is 2.34. The molecule has 1 saturated heterocycles. The van der Waals surface area contributed by atoms with E-state index in [0.717, 1.165) is 0 Å². The number of imidazole rings is 1. The lowest BCUT2D eigenvalue weighted by molar-refractivity contribution is -0.158. The smallest absolute Gasteiger partial charge is 0.311 e. The number of amides is 1. The molecule has 3 heterocycles. The first-order valence-electron chi connectivity index (χ1n) is 8.70. The van der Waals surface area contributed by atoms with Crippen LogP contribution in [0.4, 0.5) is 10.3 Å². The largest absolute Gasteiger partial charge is 0.462 e. The Balaban J connectivity index is 1.78. The van der Waals surface area contributed by atoms with Gasteiger partial charge in [0.2, 0.25) is 11.9 Å². The van der Waals surface area contributed by atoms with Crippen LogP contribution in [0.25, 0.3) is 11.2 Å². The van der Waals surface area contributed by atoms with Gasteiger partial charge in [0, 0.05) is 13.3 Å². The van der Waals surface area contributed by atoms with Crippen molar-refractivity contribution in [1.29, 1.82) is 0 Å². The number of hydrogen-bond donors (Lipinski definition) is 1. The van der Waals surface area contributed by atoms with Crippen LogP contribution >= 0.6 is 11.6 Å². The molecule has 152 valence electrons. The molecule has 1 amide bonds. The minimum absolute atomic E-state index is 0.0113. The first-order chi connectivity index (χ1) is 13.1. The summed E-state index contributed by atoms with van der Waals surface area (Å²) in [6.07, 6.45) is -1.50. The molecule has 0 bridgehead atoms. The van der Waals surface area contributed by atoms with Crippen molar-refractivity contribution >= 4 is 40.6 Å². The van der Waals surface area contributed by atoms with Gasteiger partial charge in [-0.1, -0.05) is 11.6 Å². The number of carbonyl (C=O) groups is 2. The molecule has 1 aliphatic heterocycles. The topological polar surface area (TPSA) is 108 Å². The molecule has 3 rings (SSSR count). The molecule has 0 spiro atoms. The van der Waals surface area contributed by atoms with Crippen molar-refractivity contribution in [2.24, 2.45) is 5.41 Å². The van der Waals surface area contributed by atoms with E-state index < -0.39 is 29.9 Å². The van der Waals surface area contributed by atoms with E-state index in [4.69, 9.17) is 21.1 Å². The van der Waals surface area contributed by atoms with E-state index in [1.807, 2.05) is 0 Å². The SMILES string of the molecule is CC(=O)Nc1nc(Cl)c2ncn([C@H]3C[C@H](F)[C@@H](COC(=O)C(C)(C)C)O3)c2n1. The first-order valence-corrected chi connectivity index (χ1v) is 9.08. The number of ether oxygens (including phenoxy) is 2. The second kappa shape index (κ2) is 7.59. The Labute approximate surface area is 165 Å². The number of rotatable bonds is 4. The van der Waals surface area contributed by atoms with E-state index in [2.05, 4.69) is 20.3 Å². The molecule has 3 atom stereocenters. The molecule has 9 nitrogen and oxygen atoms in total. The minimum atomic E-state index is -1.33. The van der Waals surface area contributed by atoms with Crippen LogP contribution < -0.4 is 5.32 Å². The zero-order chi connectivity index (χ0) is 20.6. The summed E-state index contributed by atoms with van der Waals surface area (Å²) >= 11 is 6.10. The van der Waals surface area contributed by atoms with E-state index >= 15 is 0 Å². The Hall–Kier alpha value is -2.33. The molecule has 11 heteroatoms. The normalized spacial score (nSPS) is 22.4. The van der Waals surface area contributed by atoms with Crippen molar-refractivity contribution in [2.45, 2.75) is 52.6 Å². The standard InChI is InChI=1S/C17H21ClFN5O4/c1-8(25)21-16-22-13(18)12-14(23-16)24(7-20-12)11-5-9(19)10(28-11)6-27-15(26)17(2,3)4/h7,9-11H,5-6H2,1-4H3,(H,21,22,23,25)/t9-,10+,11+/m0/s1. The number of carbonyl (C=O) groups excluding carboxylic acids is 2. The lowest BCUT2D eigenvalue weighted by atomic mass is 9.97. The van der Waals surface area contributed by atoms with Crippen LogP contribution in [0, 0.1) is 5.41 Å². The van der Waals surface area contributed by atoms with Crippen LogP contribution in [0.15, 0.2) is 6.33 Å². The number of fused-ring (bicyclic) bond motifs is 1. The van der Waals surface area contributed by atoms with E-state index in [0.29, 0.717) is 11.2 Å². The lowest BCUT2D eigenvalue weighted by Gasteiger charge is -2.20. The fourth-order valence-corrected chi connectivity index (χ4v) is 2.90. The summed E-state index contributed by atoms with van der Waals surface area (Å²) in [5, 5.41) is 2.50. The molecular weight excluding hydrogens is 393 g/mol. The number of alkyl halides is 1. The molecule has 1 N–H and O–H groups in total. The number of aromatic nitrogens is 4. The highest BCUT2D eigenvalue weighted by atomic mass is 35.5. The Kier molecular flexibility index (Phi) is 5.53. The maximum absolute atomic E-state index is 14.4. The minimum Gasteiger partial charge on any atom is -0.462 e. The van der Waals surface area contributed by atoms with Crippen molar-refractivity contribution in [2.75, 3.05) is 11.9 Å². The summed E-state index contributed by atoms with van der Waals surface area (Å²) < 4.78 is 26.9. The maximum atomic E-state index is 14.4. The average molecular weight is 414 g/mol. The Morgan fingerprint density at radius 2 is 2.14 bits per heavy atom. The van der Waals surface area contributed by atoms with E-state index in [-0.39, 0.29) is 30.0 Å². The zero-order valence-electron chi connectivity index (χ0n) is 15.9. The average Bonchev–Trinajstić information content (AvgIpc) is 3.14. The van der Waals surface area contributed by atoms with Gasteiger partial charge in [0.15, 0.2) is 10.8 Å². The molecule has 0 saturated carbocycles. The first kappa shape index (κ1) is 20.4. The van der Waals surface area contributed by atoms with Crippen molar-refractivity contribution in [3.05, 3.63) is 11.5 Å². The van der Waals surface area contributed by atoms with Gasteiger partial charge in [-0.05, 0) is 20.8 Å². The van der Waals surface area contributed by atoms with Crippen molar-refractivity contribution < 1.29 is 23.5 Å². The van der Waals surface area contributed by atoms with Crippen LogP contribution in [-0.4, -0.2) is 50.3 Å². The summed E-state index contributed by atoms with van der Waals surface area (Å²) in [4.78, 5) is 35.5. The quantitative estimate of drug-likeness (QED) is 0.606. The van der Waals surface area contributed by atoms with Gasteiger partial charge in [0.1, 0.15) is 30.6 Å². The predicted molar refractivity (Wildman–Crippen MR) is 98.5 cm³/mol. The van der Waals surface area contributed by atoms with Gasteiger partial charge in [-0.2, -0.15) is 9.97 Å². The third kappa shape index (κ3) is 4.22. The van der Waals surface area contributed by atoms with Gasteiger partial charge in [0.05, 0.1) is 11.7 Å². The molecule has 1 aliphatic rings. The second-order valence-electron chi connectivity index (χ2n) is 7.57. The third-order valence-corrected chi connectivity index (χ3v) is 4.39. The van der Waals surface area contributed by atoms with Crippen molar-refractivity contribution in [1.82, 2.24) is 19.5 Å². The van der Waals surface area contributed by atoms with Crippen LogP contribution in [0.2, 0.25) is 5.15 Å². The Bertz CT molecular complexity index is 913. The maximum Gasteiger partial charge on any atom is 0.311 e. The van der Waals surface area contributed by atoms with Gasteiger partial charge in [-0.15, -0.1) is 0 Å². The third-order valence-electron chi connectivity index (χ3n) is 4.13. The molecule has 2 aromatic heterocycles. The van der Waals surface area contributed by atoms with E-state index in [9.17, 15) is 14.0 Å². The van der Waals surface area contributed by atoms with Gasteiger partial charge >= 0.3 is 5.97 Å². The molecule has 0 radical (unpaired) electrons. The number of halogens is 2.